The number of aromatic nitrogens is 1. The van der Waals surface area contributed by atoms with Gasteiger partial charge in [-0.1, -0.05) is 19.1 Å². The van der Waals surface area contributed by atoms with Crippen molar-refractivity contribution in [1.29, 1.82) is 0 Å². The molecule has 0 saturated heterocycles. The van der Waals surface area contributed by atoms with Crippen molar-refractivity contribution in [3.8, 4) is 11.1 Å². The molecule has 0 fully saturated rings. The highest BCUT2D eigenvalue weighted by Gasteiger charge is 2.05. The van der Waals surface area contributed by atoms with Crippen LogP contribution in [0, 0.1) is 12.7 Å². The fraction of sp³-hybridized carbons (Fsp3) is 0.267. The molecular weight excluding hydrogens is 227 g/mol. The molecule has 2 rings (SSSR count). The Morgan fingerprint density at radius 2 is 1.94 bits per heavy atom. The van der Waals surface area contributed by atoms with Crippen LogP contribution in [-0.2, 0) is 6.54 Å². The Bertz CT molecular complexity index is 521. The van der Waals surface area contributed by atoms with E-state index in [4.69, 9.17) is 0 Å². The molecule has 2 aromatic rings. The predicted molar refractivity (Wildman–Crippen MR) is 71.7 cm³/mol. The average Bonchev–Trinajstić information content (AvgIpc) is 2.39. The topological polar surface area (TPSA) is 24.9 Å². The minimum absolute atomic E-state index is 0.167. The largest absolute Gasteiger partial charge is 0.313 e. The summed E-state index contributed by atoms with van der Waals surface area (Å²) in [4.78, 5) is 4.26. The molecule has 3 heteroatoms. The summed E-state index contributed by atoms with van der Waals surface area (Å²) in [6.07, 6.45) is 1.82. The second kappa shape index (κ2) is 5.74. The summed E-state index contributed by atoms with van der Waals surface area (Å²) in [6, 6.07) is 9.15. The number of benzene rings is 1. The second-order valence-corrected chi connectivity index (χ2v) is 4.27. The highest BCUT2D eigenvalue weighted by atomic mass is 19.1. The number of pyridine rings is 1. The van der Waals surface area contributed by atoms with E-state index in [0.717, 1.165) is 23.4 Å². The lowest BCUT2D eigenvalue weighted by Crippen LogP contribution is -2.12. The molecule has 0 unspecified atom stereocenters. The van der Waals surface area contributed by atoms with Crippen LogP contribution in [0.25, 0.3) is 11.1 Å². The Morgan fingerprint density at radius 1 is 1.17 bits per heavy atom. The van der Waals surface area contributed by atoms with Crippen molar-refractivity contribution in [3.05, 3.63) is 53.6 Å². The van der Waals surface area contributed by atoms with Gasteiger partial charge in [0.1, 0.15) is 5.82 Å². The number of halogens is 1. The summed E-state index contributed by atoms with van der Waals surface area (Å²) in [5.74, 6) is -0.167. The lowest BCUT2D eigenvalue weighted by Gasteiger charge is -2.07. The third-order valence-corrected chi connectivity index (χ3v) is 2.86. The maximum atomic E-state index is 13.6. The molecule has 0 atom stereocenters. The van der Waals surface area contributed by atoms with Gasteiger partial charge in [0.15, 0.2) is 0 Å². The molecule has 94 valence electrons. The number of aryl methyl sites for hydroxylation is 1. The van der Waals surface area contributed by atoms with E-state index in [9.17, 15) is 4.39 Å². The van der Waals surface area contributed by atoms with Gasteiger partial charge in [-0.15, -0.1) is 0 Å². The SMILES string of the molecule is CCNCc1cc(-c2ccc(C)nc2)ccc1F. The molecule has 1 heterocycles. The molecule has 1 aromatic heterocycles. The van der Waals surface area contributed by atoms with Crippen molar-refractivity contribution in [2.24, 2.45) is 0 Å². The molecule has 1 N–H and O–H groups in total. The molecule has 0 aliphatic rings. The van der Waals surface area contributed by atoms with Crippen LogP contribution in [0.15, 0.2) is 36.5 Å². The first kappa shape index (κ1) is 12.7. The lowest BCUT2D eigenvalue weighted by molar-refractivity contribution is 0.593. The number of nitrogens with one attached hydrogen (secondary N) is 1. The van der Waals surface area contributed by atoms with Gasteiger partial charge in [-0.05, 0) is 37.2 Å². The van der Waals surface area contributed by atoms with Crippen LogP contribution < -0.4 is 5.32 Å². The van der Waals surface area contributed by atoms with Crippen LogP contribution in [0.5, 0.6) is 0 Å². The van der Waals surface area contributed by atoms with Gasteiger partial charge in [-0.2, -0.15) is 0 Å². The van der Waals surface area contributed by atoms with Gasteiger partial charge in [-0.3, -0.25) is 4.98 Å². The van der Waals surface area contributed by atoms with Crippen molar-refractivity contribution in [2.45, 2.75) is 20.4 Å². The summed E-state index contributed by atoms with van der Waals surface area (Å²) < 4.78 is 13.6. The van der Waals surface area contributed by atoms with Gasteiger partial charge >= 0.3 is 0 Å². The summed E-state index contributed by atoms with van der Waals surface area (Å²) >= 11 is 0. The number of hydrogen-bond donors (Lipinski definition) is 1. The van der Waals surface area contributed by atoms with E-state index in [-0.39, 0.29) is 5.82 Å². The predicted octanol–water partition coefficient (Wildman–Crippen LogP) is 3.31. The fourth-order valence-electron chi connectivity index (χ4n) is 1.79. The van der Waals surface area contributed by atoms with Gasteiger partial charge in [0.2, 0.25) is 0 Å². The van der Waals surface area contributed by atoms with Crippen LogP contribution in [0.4, 0.5) is 4.39 Å². The monoisotopic (exact) mass is 244 g/mol. The summed E-state index contributed by atoms with van der Waals surface area (Å²) in [5.41, 5.74) is 3.68. The minimum Gasteiger partial charge on any atom is -0.313 e. The first-order valence-electron chi connectivity index (χ1n) is 6.13. The third kappa shape index (κ3) is 2.93. The Balaban J connectivity index is 2.31. The Hall–Kier alpha value is -1.74. The highest BCUT2D eigenvalue weighted by Crippen LogP contribution is 2.21. The molecule has 0 saturated carbocycles. The Kier molecular flexibility index (Phi) is 4.05. The van der Waals surface area contributed by atoms with Gasteiger partial charge in [-0.25, -0.2) is 4.39 Å². The minimum atomic E-state index is -0.167. The van der Waals surface area contributed by atoms with Crippen molar-refractivity contribution in [1.82, 2.24) is 10.3 Å². The van der Waals surface area contributed by atoms with Crippen LogP contribution in [0.2, 0.25) is 0 Å². The van der Waals surface area contributed by atoms with Gasteiger partial charge in [0.05, 0.1) is 0 Å². The van der Waals surface area contributed by atoms with E-state index >= 15 is 0 Å². The zero-order valence-electron chi connectivity index (χ0n) is 10.7. The molecular formula is C15H17FN2. The fourth-order valence-corrected chi connectivity index (χ4v) is 1.79. The number of hydrogen-bond acceptors (Lipinski definition) is 2. The molecule has 0 aliphatic heterocycles. The Labute approximate surface area is 107 Å². The molecule has 2 nitrogen and oxygen atoms in total. The second-order valence-electron chi connectivity index (χ2n) is 4.27. The maximum absolute atomic E-state index is 13.6. The van der Waals surface area contributed by atoms with E-state index in [1.54, 1.807) is 6.07 Å². The van der Waals surface area contributed by atoms with E-state index in [1.165, 1.54) is 6.07 Å². The van der Waals surface area contributed by atoms with Gasteiger partial charge in [0.25, 0.3) is 0 Å². The van der Waals surface area contributed by atoms with Crippen molar-refractivity contribution in [3.63, 3.8) is 0 Å². The molecule has 0 amide bonds. The Morgan fingerprint density at radius 3 is 2.61 bits per heavy atom. The summed E-state index contributed by atoms with van der Waals surface area (Å²) in [6.45, 7) is 5.34. The van der Waals surface area contributed by atoms with Gasteiger partial charge < -0.3 is 5.32 Å². The molecule has 18 heavy (non-hydrogen) atoms. The van der Waals surface area contributed by atoms with Crippen LogP contribution >= 0.6 is 0 Å². The van der Waals surface area contributed by atoms with Crippen molar-refractivity contribution >= 4 is 0 Å². The number of rotatable bonds is 4. The van der Waals surface area contributed by atoms with Crippen LogP contribution in [-0.4, -0.2) is 11.5 Å². The highest BCUT2D eigenvalue weighted by molar-refractivity contribution is 5.63. The molecule has 0 spiro atoms. The summed E-state index contributed by atoms with van der Waals surface area (Å²) in [5, 5.41) is 3.14. The summed E-state index contributed by atoms with van der Waals surface area (Å²) in [7, 11) is 0. The molecule has 0 radical (unpaired) electrons. The maximum Gasteiger partial charge on any atom is 0.127 e. The molecule has 0 bridgehead atoms. The molecule has 0 aliphatic carbocycles. The first-order valence-corrected chi connectivity index (χ1v) is 6.13. The van der Waals surface area contributed by atoms with E-state index in [2.05, 4.69) is 10.3 Å². The van der Waals surface area contributed by atoms with Crippen molar-refractivity contribution < 1.29 is 4.39 Å². The van der Waals surface area contributed by atoms with Gasteiger partial charge in [0, 0.05) is 29.6 Å². The zero-order valence-corrected chi connectivity index (χ0v) is 10.7. The van der Waals surface area contributed by atoms with Crippen LogP contribution in [0.3, 0.4) is 0 Å². The normalized spacial score (nSPS) is 10.6. The number of nitrogens with zero attached hydrogens (tertiary/aromatic N) is 1. The van der Waals surface area contributed by atoms with E-state index in [0.29, 0.717) is 12.1 Å². The molecule has 1 aromatic carbocycles. The van der Waals surface area contributed by atoms with E-state index in [1.807, 2.05) is 38.2 Å². The average molecular weight is 244 g/mol. The van der Waals surface area contributed by atoms with Crippen LogP contribution in [0.1, 0.15) is 18.2 Å². The van der Waals surface area contributed by atoms with E-state index < -0.39 is 0 Å². The first-order chi connectivity index (χ1) is 8.70. The third-order valence-electron chi connectivity index (χ3n) is 2.86. The lowest BCUT2D eigenvalue weighted by atomic mass is 10.0. The smallest absolute Gasteiger partial charge is 0.127 e. The standard InChI is InChI=1S/C15H17FN2/c1-3-17-9-14-8-12(6-7-15(14)16)13-5-4-11(2)18-10-13/h4-8,10,17H,3,9H2,1-2H3. The quantitative estimate of drug-likeness (QED) is 0.892. The zero-order chi connectivity index (χ0) is 13.0. The van der Waals surface area contributed by atoms with Crippen molar-refractivity contribution in [2.75, 3.05) is 6.54 Å².